The van der Waals surface area contributed by atoms with Crippen LogP contribution in [0.25, 0.3) is 10.9 Å². The van der Waals surface area contributed by atoms with Gasteiger partial charge in [-0.25, -0.2) is 9.59 Å². The quantitative estimate of drug-likeness (QED) is 0.314. The van der Waals surface area contributed by atoms with E-state index >= 15 is 0 Å². The van der Waals surface area contributed by atoms with Gasteiger partial charge in [0.25, 0.3) is 0 Å². The van der Waals surface area contributed by atoms with Gasteiger partial charge in [0.05, 0.1) is 11.1 Å². The Morgan fingerprint density at radius 3 is 2.12 bits per heavy atom. The zero-order valence-electron chi connectivity index (χ0n) is 25.8. The van der Waals surface area contributed by atoms with Crippen LogP contribution in [-0.4, -0.2) is 52.9 Å². The summed E-state index contributed by atoms with van der Waals surface area (Å²) in [5, 5.41) is 1.12. The largest absolute Gasteiger partial charge is 0.456 e. The lowest BCUT2D eigenvalue weighted by Gasteiger charge is -2.27. The molecule has 1 aromatic heterocycles. The summed E-state index contributed by atoms with van der Waals surface area (Å²) < 4.78 is 12.9. The molecule has 2 atom stereocenters. The van der Waals surface area contributed by atoms with Gasteiger partial charge in [0.2, 0.25) is 0 Å². The molecule has 3 aromatic rings. The maximum Gasteiger partial charge on any atom is 0.418 e. The van der Waals surface area contributed by atoms with Crippen molar-refractivity contribution in [1.82, 2.24) is 9.47 Å². The van der Waals surface area contributed by atoms with Crippen molar-refractivity contribution in [3.63, 3.8) is 0 Å². The second-order valence-electron chi connectivity index (χ2n) is 13.5. The first-order valence-corrected chi connectivity index (χ1v) is 14.5. The van der Waals surface area contributed by atoms with Crippen LogP contribution in [0.15, 0.2) is 42.6 Å². The summed E-state index contributed by atoms with van der Waals surface area (Å²) in [6, 6.07) is 12.3. The lowest BCUT2D eigenvalue weighted by Crippen LogP contribution is -2.26. The van der Waals surface area contributed by atoms with E-state index in [4.69, 9.17) is 9.47 Å². The second kappa shape index (κ2) is 11.4. The van der Waals surface area contributed by atoms with E-state index < -0.39 is 11.2 Å². The number of carbonyl (C=O) groups is 2. The first-order chi connectivity index (χ1) is 18.6. The molecular formula is C34H46N2O4. The van der Waals surface area contributed by atoms with Crippen LogP contribution in [0.5, 0.6) is 0 Å². The number of aromatic nitrogens is 1. The van der Waals surface area contributed by atoms with Crippen LogP contribution in [0.1, 0.15) is 92.9 Å². The summed E-state index contributed by atoms with van der Waals surface area (Å²) in [7, 11) is 2.20. The summed E-state index contributed by atoms with van der Waals surface area (Å²) in [6.45, 7) is 17.7. The molecule has 1 saturated heterocycles. The Hall–Kier alpha value is -3.12. The van der Waals surface area contributed by atoms with Crippen molar-refractivity contribution in [2.75, 3.05) is 20.1 Å². The van der Waals surface area contributed by atoms with Gasteiger partial charge in [0.15, 0.2) is 0 Å². The van der Waals surface area contributed by atoms with Crippen molar-refractivity contribution in [3.05, 3.63) is 70.4 Å². The molecule has 0 spiro atoms. The van der Waals surface area contributed by atoms with Crippen molar-refractivity contribution < 1.29 is 19.1 Å². The second-order valence-corrected chi connectivity index (χ2v) is 13.5. The zero-order valence-corrected chi connectivity index (χ0v) is 25.8. The molecule has 0 bridgehead atoms. The number of carbonyl (C=O) groups excluding carboxylic acids is 2. The minimum absolute atomic E-state index is 0.289. The smallest absolute Gasteiger partial charge is 0.418 e. The molecule has 4 rings (SSSR count). The number of likely N-dealkylation sites (tertiary alicyclic amines) is 1. The molecule has 1 aliphatic heterocycles. The molecular weight excluding hydrogens is 500 g/mol. The number of ether oxygens (including phenoxy) is 2. The zero-order chi connectivity index (χ0) is 29.4. The van der Waals surface area contributed by atoms with E-state index in [1.807, 2.05) is 59.9 Å². The summed E-state index contributed by atoms with van der Waals surface area (Å²) >= 11 is 0. The molecule has 1 aliphatic rings. The van der Waals surface area contributed by atoms with Gasteiger partial charge in [-0.15, -0.1) is 0 Å². The monoisotopic (exact) mass is 546 g/mol. The average molecular weight is 547 g/mol. The molecule has 40 heavy (non-hydrogen) atoms. The Labute approximate surface area is 239 Å². The Morgan fingerprint density at radius 2 is 1.50 bits per heavy atom. The van der Waals surface area contributed by atoms with Crippen molar-refractivity contribution in [2.45, 2.75) is 91.8 Å². The fourth-order valence-corrected chi connectivity index (χ4v) is 5.95. The predicted octanol–water partition coefficient (Wildman–Crippen LogP) is 7.66. The van der Waals surface area contributed by atoms with E-state index in [0.29, 0.717) is 17.4 Å². The third kappa shape index (κ3) is 6.95. The number of esters is 1. The first kappa shape index (κ1) is 29.9. The molecule has 0 radical (unpaired) electrons. The number of benzene rings is 2. The van der Waals surface area contributed by atoms with Crippen LogP contribution in [0.2, 0.25) is 0 Å². The van der Waals surface area contributed by atoms with Crippen molar-refractivity contribution in [2.24, 2.45) is 5.92 Å². The minimum atomic E-state index is -0.562. The van der Waals surface area contributed by atoms with Gasteiger partial charge in [-0.3, -0.25) is 4.57 Å². The number of nitrogens with zero attached hydrogens (tertiary/aromatic N) is 2. The van der Waals surface area contributed by atoms with Gasteiger partial charge in [-0.05, 0) is 147 Å². The van der Waals surface area contributed by atoms with Crippen LogP contribution in [0.3, 0.4) is 0 Å². The SMILES string of the molecule is Cc1cc(C)c2c(ccn2C(=O)OC(C)(C)C)c1C[C@@H]1CCN(C)CC[C@H]1c1ccc(C(=O)OC(C)(C)C)cc1. The molecule has 2 heterocycles. The van der Waals surface area contributed by atoms with Crippen molar-refractivity contribution in [1.29, 1.82) is 0 Å². The van der Waals surface area contributed by atoms with E-state index in [9.17, 15) is 9.59 Å². The summed E-state index contributed by atoms with van der Waals surface area (Å²) in [4.78, 5) is 28.1. The first-order valence-electron chi connectivity index (χ1n) is 14.5. The highest BCUT2D eigenvalue weighted by atomic mass is 16.6. The topological polar surface area (TPSA) is 60.8 Å². The van der Waals surface area contributed by atoms with Crippen molar-refractivity contribution >= 4 is 23.0 Å². The Kier molecular flexibility index (Phi) is 8.51. The van der Waals surface area contributed by atoms with Crippen LogP contribution in [-0.2, 0) is 15.9 Å². The Morgan fingerprint density at radius 1 is 0.875 bits per heavy atom. The van der Waals surface area contributed by atoms with E-state index in [-0.39, 0.29) is 12.1 Å². The molecule has 0 unspecified atom stereocenters. The van der Waals surface area contributed by atoms with E-state index in [1.165, 1.54) is 16.7 Å². The molecule has 1 fully saturated rings. The number of hydrogen-bond donors (Lipinski definition) is 0. The highest BCUT2D eigenvalue weighted by Crippen LogP contribution is 2.38. The molecule has 2 aromatic carbocycles. The number of fused-ring (bicyclic) bond motifs is 1. The molecule has 0 saturated carbocycles. The number of aryl methyl sites for hydroxylation is 2. The fourth-order valence-electron chi connectivity index (χ4n) is 5.95. The van der Waals surface area contributed by atoms with Gasteiger partial charge >= 0.3 is 12.1 Å². The molecule has 0 N–H and O–H groups in total. The van der Waals surface area contributed by atoms with E-state index in [2.05, 4.69) is 50.1 Å². The lowest BCUT2D eigenvalue weighted by atomic mass is 9.77. The van der Waals surface area contributed by atoms with Crippen molar-refractivity contribution in [3.8, 4) is 0 Å². The third-order valence-electron chi connectivity index (χ3n) is 7.80. The molecule has 216 valence electrons. The van der Waals surface area contributed by atoms with E-state index in [1.54, 1.807) is 4.57 Å². The number of hydrogen-bond acceptors (Lipinski definition) is 5. The molecule has 6 nitrogen and oxygen atoms in total. The van der Waals surface area contributed by atoms with Gasteiger partial charge in [-0.2, -0.15) is 0 Å². The van der Waals surface area contributed by atoms with Gasteiger partial charge in [-0.1, -0.05) is 18.2 Å². The van der Waals surface area contributed by atoms with Crippen LogP contribution < -0.4 is 0 Å². The molecule has 0 amide bonds. The van der Waals surface area contributed by atoms with Gasteiger partial charge in [0, 0.05) is 11.6 Å². The van der Waals surface area contributed by atoms with E-state index in [0.717, 1.165) is 48.8 Å². The molecule has 6 heteroatoms. The van der Waals surface area contributed by atoms with Crippen LogP contribution in [0, 0.1) is 19.8 Å². The van der Waals surface area contributed by atoms with Crippen LogP contribution in [0.4, 0.5) is 4.79 Å². The fraction of sp³-hybridized carbons (Fsp3) is 0.529. The maximum atomic E-state index is 13.0. The maximum absolute atomic E-state index is 13.0. The summed E-state index contributed by atoms with van der Waals surface area (Å²) in [6.07, 6.45) is 4.56. The summed E-state index contributed by atoms with van der Waals surface area (Å²) in [5.74, 6) is 0.497. The Bertz CT molecular complexity index is 1370. The standard InChI is InChI=1S/C34H46N2O4/c1-22-20-23(2)30-28(16-19-36(30)32(38)40-34(6,7)8)29(22)21-26-14-17-35(9)18-15-27(26)24-10-12-25(13-11-24)31(37)39-33(3,4)5/h10-13,16,19-20,26-27H,14-15,17-18,21H2,1-9H3/t26-,27-/m0/s1. The Balaban J connectivity index is 1.67. The molecule has 0 aliphatic carbocycles. The average Bonchev–Trinajstić information content (AvgIpc) is 3.20. The highest BCUT2D eigenvalue weighted by Gasteiger charge is 2.29. The van der Waals surface area contributed by atoms with Crippen LogP contribution >= 0.6 is 0 Å². The predicted molar refractivity (Wildman–Crippen MR) is 161 cm³/mol. The minimum Gasteiger partial charge on any atom is -0.456 e. The van der Waals surface area contributed by atoms with Gasteiger partial charge in [0.1, 0.15) is 11.2 Å². The number of rotatable bonds is 4. The third-order valence-corrected chi connectivity index (χ3v) is 7.80. The van der Waals surface area contributed by atoms with Gasteiger partial charge < -0.3 is 14.4 Å². The normalized spacial score (nSPS) is 18.9. The highest BCUT2D eigenvalue weighted by molar-refractivity contribution is 5.94. The summed E-state index contributed by atoms with van der Waals surface area (Å²) in [5.41, 5.74) is 5.32. The lowest BCUT2D eigenvalue weighted by molar-refractivity contribution is 0.00692.